The average Bonchev–Trinajstić information content (AvgIpc) is 2.16. The zero-order valence-corrected chi connectivity index (χ0v) is 9.23. The number of hydrogen-bond acceptors (Lipinski definition) is 3. The quantitative estimate of drug-likeness (QED) is 0.741. The molecule has 0 aliphatic carbocycles. The maximum Gasteiger partial charge on any atom is 0.410 e. The van der Waals surface area contributed by atoms with Crippen LogP contribution < -0.4 is 5.73 Å². The maximum atomic E-state index is 11.6. The summed E-state index contributed by atoms with van der Waals surface area (Å²) in [5, 5.41) is 0. The van der Waals surface area contributed by atoms with Gasteiger partial charge in [-0.1, -0.05) is 0 Å². The number of primary amides is 1. The molecule has 1 fully saturated rings. The molecule has 1 saturated heterocycles. The molecule has 1 rings (SSSR count). The van der Waals surface area contributed by atoms with E-state index in [1.54, 1.807) is 13.8 Å². The first-order valence-corrected chi connectivity index (χ1v) is 5.29. The van der Waals surface area contributed by atoms with Crippen LogP contribution in [-0.4, -0.2) is 35.6 Å². The van der Waals surface area contributed by atoms with Gasteiger partial charge in [0.2, 0.25) is 5.91 Å². The molecule has 86 valence electrons. The summed E-state index contributed by atoms with van der Waals surface area (Å²) in [7, 11) is 0. The maximum absolute atomic E-state index is 11.6. The summed E-state index contributed by atoms with van der Waals surface area (Å²) in [5.74, 6) is -0.449. The van der Waals surface area contributed by atoms with Gasteiger partial charge in [0.05, 0.1) is 6.10 Å². The van der Waals surface area contributed by atoms with Crippen LogP contribution in [0, 0.1) is 0 Å². The summed E-state index contributed by atoms with van der Waals surface area (Å²) < 4.78 is 5.05. The zero-order chi connectivity index (χ0) is 11.4. The highest BCUT2D eigenvalue weighted by atomic mass is 16.6. The topological polar surface area (TPSA) is 72.6 Å². The van der Waals surface area contributed by atoms with Crippen LogP contribution in [0.15, 0.2) is 0 Å². The predicted octanol–water partition coefficient (Wildman–Crippen LogP) is 0.871. The highest BCUT2D eigenvalue weighted by Gasteiger charge is 2.31. The van der Waals surface area contributed by atoms with E-state index in [1.165, 1.54) is 4.90 Å². The Bertz CT molecular complexity index is 253. The fourth-order valence-corrected chi connectivity index (χ4v) is 1.72. The van der Waals surface area contributed by atoms with Crippen LogP contribution >= 0.6 is 0 Å². The number of piperidine rings is 1. The van der Waals surface area contributed by atoms with Crippen molar-refractivity contribution in [2.24, 2.45) is 5.73 Å². The van der Waals surface area contributed by atoms with Crippen molar-refractivity contribution in [3.63, 3.8) is 0 Å². The van der Waals surface area contributed by atoms with Gasteiger partial charge >= 0.3 is 6.09 Å². The van der Waals surface area contributed by atoms with Crippen LogP contribution in [0.2, 0.25) is 0 Å². The van der Waals surface area contributed by atoms with Crippen LogP contribution in [0.3, 0.4) is 0 Å². The molecule has 0 aromatic carbocycles. The lowest BCUT2D eigenvalue weighted by Gasteiger charge is -2.33. The van der Waals surface area contributed by atoms with Gasteiger partial charge < -0.3 is 10.5 Å². The summed E-state index contributed by atoms with van der Waals surface area (Å²) in [6, 6.07) is -0.495. The molecule has 0 saturated carbocycles. The van der Waals surface area contributed by atoms with E-state index in [0.717, 1.165) is 12.8 Å². The van der Waals surface area contributed by atoms with Gasteiger partial charge in [-0.2, -0.15) is 0 Å². The third-order valence-corrected chi connectivity index (χ3v) is 2.40. The first kappa shape index (κ1) is 11.8. The van der Waals surface area contributed by atoms with E-state index in [-0.39, 0.29) is 6.10 Å². The smallest absolute Gasteiger partial charge is 0.410 e. The molecule has 5 heteroatoms. The molecule has 0 bridgehead atoms. The molecule has 1 atom stereocenters. The molecule has 0 aromatic heterocycles. The Balaban J connectivity index is 2.63. The first-order chi connectivity index (χ1) is 7.02. The highest BCUT2D eigenvalue weighted by Crippen LogP contribution is 2.18. The van der Waals surface area contributed by atoms with Crippen LogP contribution in [0.4, 0.5) is 4.79 Å². The number of carbonyl (C=O) groups excluding carboxylic acids is 2. The van der Waals surface area contributed by atoms with Crippen molar-refractivity contribution in [2.45, 2.75) is 45.3 Å². The van der Waals surface area contributed by atoms with Gasteiger partial charge in [0, 0.05) is 6.54 Å². The minimum absolute atomic E-state index is 0.173. The monoisotopic (exact) mass is 214 g/mol. The zero-order valence-electron chi connectivity index (χ0n) is 9.23. The van der Waals surface area contributed by atoms with Crippen LogP contribution in [0.1, 0.15) is 33.1 Å². The summed E-state index contributed by atoms with van der Waals surface area (Å²) in [6.45, 7) is 4.11. The van der Waals surface area contributed by atoms with Crippen molar-refractivity contribution >= 4 is 12.0 Å². The summed E-state index contributed by atoms with van der Waals surface area (Å²) in [6.07, 6.45) is 1.86. The Hall–Kier alpha value is -1.26. The molecular formula is C10H18N2O3. The second-order valence-electron chi connectivity index (χ2n) is 4.04. The van der Waals surface area contributed by atoms with Gasteiger partial charge in [-0.3, -0.25) is 9.69 Å². The minimum atomic E-state index is -0.495. The van der Waals surface area contributed by atoms with Gasteiger partial charge in [0.25, 0.3) is 0 Å². The van der Waals surface area contributed by atoms with E-state index in [4.69, 9.17) is 10.5 Å². The van der Waals surface area contributed by atoms with Crippen molar-refractivity contribution in [1.29, 1.82) is 0 Å². The summed E-state index contributed by atoms with van der Waals surface area (Å²) in [5.41, 5.74) is 5.24. The Kier molecular flexibility index (Phi) is 3.94. The van der Waals surface area contributed by atoms with Gasteiger partial charge in [-0.05, 0) is 33.1 Å². The largest absolute Gasteiger partial charge is 0.447 e. The van der Waals surface area contributed by atoms with E-state index in [2.05, 4.69) is 0 Å². The van der Waals surface area contributed by atoms with Crippen molar-refractivity contribution in [3.05, 3.63) is 0 Å². The van der Waals surface area contributed by atoms with E-state index >= 15 is 0 Å². The molecule has 1 unspecified atom stereocenters. The van der Waals surface area contributed by atoms with E-state index in [0.29, 0.717) is 13.0 Å². The molecule has 1 aliphatic heterocycles. The average molecular weight is 214 g/mol. The molecule has 0 radical (unpaired) electrons. The van der Waals surface area contributed by atoms with Crippen molar-refractivity contribution < 1.29 is 14.3 Å². The Morgan fingerprint density at radius 1 is 1.40 bits per heavy atom. The number of likely N-dealkylation sites (tertiary alicyclic amines) is 1. The second-order valence-corrected chi connectivity index (χ2v) is 4.04. The van der Waals surface area contributed by atoms with Gasteiger partial charge in [0.15, 0.2) is 0 Å². The number of amides is 2. The lowest BCUT2D eigenvalue weighted by Crippen LogP contribution is -2.51. The Morgan fingerprint density at radius 3 is 2.60 bits per heavy atom. The van der Waals surface area contributed by atoms with E-state index in [9.17, 15) is 9.59 Å². The van der Waals surface area contributed by atoms with E-state index in [1.807, 2.05) is 0 Å². The SMILES string of the molecule is CC(C)OC(=O)N1CCCCC1C(N)=O. The van der Waals surface area contributed by atoms with Crippen molar-refractivity contribution in [3.8, 4) is 0 Å². The molecule has 15 heavy (non-hydrogen) atoms. The number of rotatable bonds is 2. The van der Waals surface area contributed by atoms with Gasteiger partial charge in [0.1, 0.15) is 6.04 Å². The number of hydrogen-bond donors (Lipinski definition) is 1. The first-order valence-electron chi connectivity index (χ1n) is 5.29. The minimum Gasteiger partial charge on any atom is -0.447 e. The van der Waals surface area contributed by atoms with Crippen LogP contribution in [0.5, 0.6) is 0 Å². The lowest BCUT2D eigenvalue weighted by atomic mass is 10.0. The molecule has 5 nitrogen and oxygen atoms in total. The molecule has 0 spiro atoms. The molecule has 0 aromatic rings. The van der Waals surface area contributed by atoms with Gasteiger partial charge in [-0.15, -0.1) is 0 Å². The standard InChI is InChI=1S/C10H18N2O3/c1-7(2)15-10(14)12-6-4-3-5-8(12)9(11)13/h7-8H,3-6H2,1-2H3,(H2,11,13). The fraction of sp³-hybridized carbons (Fsp3) is 0.800. The number of nitrogens with zero attached hydrogens (tertiary/aromatic N) is 1. The van der Waals surface area contributed by atoms with Crippen molar-refractivity contribution in [1.82, 2.24) is 4.90 Å². The molecule has 2 amide bonds. The van der Waals surface area contributed by atoms with E-state index < -0.39 is 18.0 Å². The normalized spacial score (nSPS) is 21.5. The fourth-order valence-electron chi connectivity index (χ4n) is 1.72. The van der Waals surface area contributed by atoms with Crippen LogP contribution in [0.25, 0.3) is 0 Å². The highest BCUT2D eigenvalue weighted by molar-refractivity contribution is 5.84. The van der Waals surface area contributed by atoms with Crippen LogP contribution in [-0.2, 0) is 9.53 Å². The predicted molar refractivity (Wildman–Crippen MR) is 55.2 cm³/mol. The Morgan fingerprint density at radius 2 is 2.07 bits per heavy atom. The molecule has 1 aliphatic rings. The van der Waals surface area contributed by atoms with Crippen molar-refractivity contribution in [2.75, 3.05) is 6.54 Å². The lowest BCUT2D eigenvalue weighted by molar-refractivity contribution is -0.124. The molecule has 1 heterocycles. The third-order valence-electron chi connectivity index (χ3n) is 2.40. The van der Waals surface area contributed by atoms with Gasteiger partial charge in [-0.25, -0.2) is 4.79 Å². The number of carbonyl (C=O) groups is 2. The molecule has 2 N–H and O–H groups in total. The third kappa shape index (κ3) is 3.11. The summed E-state index contributed by atoms with van der Waals surface area (Å²) >= 11 is 0. The summed E-state index contributed by atoms with van der Waals surface area (Å²) in [4.78, 5) is 24.2. The molecular weight excluding hydrogens is 196 g/mol. The number of ether oxygens (including phenoxy) is 1. The Labute approximate surface area is 89.6 Å². The number of nitrogens with two attached hydrogens (primary N) is 1. The second kappa shape index (κ2) is 5.00.